The molecule has 1 heterocycles. The number of carbonyl (C=O) groups excluding carboxylic acids is 2. The molecule has 0 aromatic heterocycles. The molecule has 3 rings (SSSR count). The minimum absolute atomic E-state index is 0.0962. The molecule has 2 N–H and O–H groups in total. The van der Waals surface area contributed by atoms with Gasteiger partial charge in [-0.25, -0.2) is 4.79 Å². The van der Waals surface area contributed by atoms with Crippen LogP contribution in [0.4, 0.5) is 0 Å². The van der Waals surface area contributed by atoms with E-state index in [0.717, 1.165) is 0 Å². The topological polar surface area (TPSA) is 93.1 Å². The molecule has 24 heavy (non-hydrogen) atoms. The molecule has 1 aliphatic heterocycles. The summed E-state index contributed by atoms with van der Waals surface area (Å²) in [5.74, 6) is -2.26. The number of fused-ring (bicyclic) bond motifs is 2. The van der Waals surface area contributed by atoms with Crippen molar-refractivity contribution in [1.29, 1.82) is 0 Å². The summed E-state index contributed by atoms with van der Waals surface area (Å²) >= 11 is 6.03. The Morgan fingerprint density at radius 1 is 1.42 bits per heavy atom. The normalized spacial score (nSPS) is 44.6. The lowest BCUT2D eigenvalue weighted by Gasteiger charge is -2.39. The largest absolute Gasteiger partial charge is 0.458 e. The maximum atomic E-state index is 11.8. The number of halogens is 1. The van der Waals surface area contributed by atoms with Gasteiger partial charge in [-0.1, -0.05) is 13.2 Å². The van der Waals surface area contributed by atoms with E-state index in [9.17, 15) is 19.8 Å². The Morgan fingerprint density at radius 2 is 2.08 bits per heavy atom. The molecular formula is C17H21ClO6. The Balaban J connectivity index is 2.02. The molecule has 7 heteroatoms. The lowest BCUT2D eigenvalue weighted by atomic mass is 9.75. The third-order valence-electron chi connectivity index (χ3n) is 5.66. The van der Waals surface area contributed by atoms with Crippen LogP contribution < -0.4 is 0 Å². The second-order valence-corrected chi connectivity index (χ2v) is 7.32. The van der Waals surface area contributed by atoms with Gasteiger partial charge in [0.25, 0.3) is 0 Å². The number of hydrogen-bond donors (Lipinski definition) is 2. The zero-order valence-electron chi connectivity index (χ0n) is 13.5. The molecule has 0 aromatic rings. The highest BCUT2D eigenvalue weighted by atomic mass is 35.5. The molecule has 132 valence electrons. The predicted molar refractivity (Wildman–Crippen MR) is 85.2 cm³/mol. The first-order chi connectivity index (χ1) is 11.1. The van der Waals surface area contributed by atoms with Crippen LogP contribution in [0.1, 0.15) is 26.2 Å². The van der Waals surface area contributed by atoms with Crippen molar-refractivity contribution in [2.45, 2.75) is 49.6 Å². The smallest absolute Gasteiger partial charge is 0.334 e. The van der Waals surface area contributed by atoms with E-state index >= 15 is 0 Å². The van der Waals surface area contributed by atoms with E-state index in [1.807, 2.05) is 0 Å². The first-order valence-electron chi connectivity index (χ1n) is 7.89. The zero-order valence-corrected chi connectivity index (χ0v) is 14.2. The Hall–Kier alpha value is -1.37. The summed E-state index contributed by atoms with van der Waals surface area (Å²) in [6, 6.07) is 0. The van der Waals surface area contributed by atoms with Crippen LogP contribution in [0.25, 0.3) is 0 Å². The fourth-order valence-corrected chi connectivity index (χ4v) is 4.69. The number of rotatable bonds is 2. The predicted octanol–water partition coefficient (Wildman–Crippen LogP) is 1.09. The van der Waals surface area contributed by atoms with E-state index in [1.165, 1.54) is 6.92 Å². The highest BCUT2D eigenvalue weighted by Crippen LogP contribution is 2.56. The van der Waals surface area contributed by atoms with Crippen molar-refractivity contribution in [2.24, 2.45) is 11.8 Å². The Bertz CT molecular complexity index is 631. The van der Waals surface area contributed by atoms with Crippen LogP contribution in [0.2, 0.25) is 0 Å². The average Bonchev–Trinajstić information content (AvgIpc) is 2.86. The van der Waals surface area contributed by atoms with Crippen molar-refractivity contribution >= 4 is 23.5 Å². The zero-order chi connectivity index (χ0) is 17.9. The van der Waals surface area contributed by atoms with Gasteiger partial charge < -0.3 is 19.7 Å². The van der Waals surface area contributed by atoms with Crippen LogP contribution in [-0.4, -0.2) is 51.4 Å². The van der Waals surface area contributed by atoms with Gasteiger partial charge in [0.15, 0.2) is 0 Å². The van der Waals surface area contributed by atoms with Gasteiger partial charge in [-0.2, -0.15) is 0 Å². The molecule has 0 radical (unpaired) electrons. The van der Waals surface area contributed by atoms with Crippen LogP contribution in [-0.2, 0) is 19.1 Å². The lowest BCUT2D eigenvalue weighted by Crippen LogP contribution is -2.50. The molecular weight excluding hydrogens is 336 g/mol. The summed E-state index contributed by atoms with van der Waals surface area (Å²) in [6.07, 6.45) is -0.835. The number of ether oxygens (including phenoxy) is 2. The molecule has 0 spiro atoms. The van der Waals surface area contributed by atoms with Gasteiger partial charge in [0, 0.05) is 30.8 Å². The van der Waals surface area contributed by atoms with Crippen LogP contribution >= 0.6 is 11.6 Å². The van der Waals surface area contributed by atoms with Gasteiger partial charge >= 0.3 is 11.9 Å². The Kier molecular flexibility index (Phi) is 4.06. The van der Waals surface area contributed by atoms with Gasteiger partial charge in [0.05, 0.1) is 17.1 Å². The number of alkyl halides is 1. The fraction of sp³-hybridized carbons (Fsp3) is 0.647. The summed E-state index contributed by atoms with van der Waals surface area (Å²) in [5, 5.41) is 22.4. The van der Waals surface area contributed by atoms with E-state index in [4.69, 9.17) is 21.1 Å². The first-order valence-corrected chi connectivity index (χ1v) is 8.43. The number of esters is 2. The molecule has 3 fully saturated rings. The van der Waals surface area contributed by atoms with Crippen LogP contribution in [0, 0.1) is 11.8 Å². The quantitative estimate of drug-likeness (QED) is 0.333. The van der Waals surface area contributed by atoms with Crippen molar-refractivity contribution in [3.63, 3.8) is 0 Å². The summed E-state index contributed by atoms with van der Waals surface area (Å²) in [7, 11) is 0. The van der Waals surface area contributed by atoms with Crippen molar-refractivity contribution in [3.8, 4) is 0 Å². The molecule has 3 aliphatic rings. The molecule has 2 saturated carbocycles. The number of hydrogen-bond acceptors (Lipinski definition) is 6. The second kappa shape index (κ2) is 5.58. The van der Waals surface area contributed by atoms with Crippen LogP contribution in [0.15, 0.2) is 24.3 Å². The maximum Gasteiger partial charge on any atom is 0.334 e. The second-order valence-electron chi connectivity index (χ2n) is 7.06. The molecule has 0 aromatic carbocycles. The Morgan fingerprint density at radius 3 is 2.67 bits per heavy atom. The van der Waals surface area contributed by atoms with E-state index in [2.05, 4.69) is 13.2 Å². The number of aliphatic hydroxyl groups is 2. The molecule has 0 bridgehead atoms. The van der Waals surface area contributed by atoms with Crippen LogP contribution in [0.3, 0.4) is 0 Å². The van der Waals surface area contributed by atoms with Gasteiger partial charge in [-0.15, -0.1) is 11.6 Å². The van der Waals surface area contributed by atoms with E-state index in [-0.39, 0.29) is 30.7 Å². The minimum atomic E-state index is -1.51. The van der Waals surface area contributed by atoms with E-state index in [1.54, 1.807) is 0 Å². The molecule has 6 atom stereocenters. The lowest BCUT2D eigenvalue weighted by molar-refractivity contribution is -0.146. The third-order valence-corrected chi connectivity index (χ3v) is 6.12. The standard InChI is InChI=1S/C17H21ClO6/c1-8-11-5-17(22)9(2)12(23-10(3)19)4-14(17)16(21,7-18)6-13(11)24-15(8)20/h11-14,21-22H,1-2,4-7H2,3H3. The summed E-state index contributed by atoms with van der Waals surface area (Å²) in [6.45, 7) is 8.94. The molecule has 2 aliphatic carbocycles. The number of carbonyl (C=O) groups is 2. The van der Waals surface area contributed by atoms with Crippen molar-refractivity contribution in [1.82, 2.24) is 0 Å². The van der Waals surface area contributed by atoms with Crippen molar-refractivity contribution in [2.75, 3.05) is 5.88 Å². The fourth-order valence-electron chi connectivity index (χ4n) is 4.39. The van der Waals surface area contributed by atoms with Crippen LogP contribution in [0.5, 0.6) is 0 Å². The molecule has 1 saturated heterocycles. The minimum Gasteiger partial charge on any atom is -0.458 e. The SMILES string of the molecule is C=C1C(=O)OC2CC(O)(CCl)C3CC(OC(C)=O)C(=C)C3(O)CC12. The van der Waals surface area contributed by atoms with Crippen molar-refractivity contribution in [3.05, 3.63) is 24.3 Å². The van der Waals surface area contributed by atoms with Gasteiger partial charge in [0.1, 0.15) is 12.2 Å². The highest BCUT2D eigenvalue weighted by Gasteiger charge is 2.63. The molecule has 6 unspecified atom stereocenters. The van der Waals surface area contributed by atoms with Gasteiger partial charge in [-0.3, -0.25) is 4.79 Å². The van der Waals surface area contributed by atoms with Crippen molar-refractivity contribution < 1.29 is 29.3 Å². The summed E-state index contributed by atoms with van der Waals surface area (Å²) in [4.78, 5) is 23.1. The third kappa shape index (κ3) is 2.39. The Labute approximate surface area is 145 Å². The summed E-state index contributed by atoms with van der Waals surface area (Å²) < 4.78 is 10.6. The first kappa shape index (κ1) is 17.5. The summed E-state index contributed by atoms with van der Waals surface area (Å²) in [5.41, 5.74) is -2.40. The molecule has 6 nitrogen and oxygen atoms in total. The van der Waals surface area contributed by atoms with Gasteiger partial charge in [0.2, 0.25) is 0 Å². The van der Waals surface area contributed by atoms with Gasteiger partial charge in [-0.05, 0) is 18.4 Å². The molecule has 0 amide bonds. The maximum absolute atomic E-state index is 11.8. The van der Waals surface area contributed by atoms with E-state index < -0.39 is 47.2 Å². The van der Waals surface area contributed by atoms with E-state index in [0.29, 0.717) is 5.57 Å². The highest BCUT2D eigenvalue weighted by molar-refractivity contribution is 6.18. The monoisotopic (exact) mass is 356 g/mol. The average molecular weight is 357 g/mol.